The van der Waals surface area contributed by atoms with Crippen LogP contribution in [-0.2, 0) is 4.79 Å². The lowest BCUT2D eigenvalue weighted by Gasteiger charge is -2.22. The van der Waals surface area contributed by atoms with Crippen LogP contribution in [0.25, 0.3) is 0 Å². The first-order valence-electron chi connectivity index (χ1n) is 11.2. The monoisotopic (exact) mass is 338 g/mol. The van der Waals surface area contributed by atoms with E-state index >= 15 is 0 Å². The summed E-state index contributed by atoms with van der Waals surface area (Å²) in [6.45, 7) is 8.61. The Morgan fingerprint density at radius 1 is 0.625 bits per heavy atom. The molecule has 0 rings (SSSR count). The van der Waals surface area contributed by atoms with Crippen LogP contribution in [-0.4, -0.2) is 5.78 Å². The SMILES string of the molecule is CCCCCCCCC(CCCCCC)CC(CCCC)C(C)=O. The predicted molar refractivity (Wildman–Crippen MR) is 109 cm³/mol. The van der Waals surface area contributed by atoms with Gasteiger partial charge in [0.05, 0.1) is 0 Å². The fourth-order valence-corrected chi connectivity index (χ4v) is 3.79. The normalized spacial score (nSPS) is 13.8. The molecule has 0 aromatic carbocycles. The molecule has 0 heterocycles. The molecule has 0 aliphatic heterocycles. The highest BCUT2D eigenvalue weighted by molar-refractivity contribution is 5.78. The van der Waals surface area contributed by atoms with Gasteiger partial charge in [0.25, 0.3) is 0 Å². The molecule has 0 radical (unpaired) electrons. The van der Waals surface area contributed by atoms with Crippen molar-refractivity contribution in [1.82, 2.24) is 0 Å². The zero-order chi connectivity index (χ0) is 18.0. The largest absolute Gasteiger partial charge is 0.300 e. The summed E-state index contributed by atoms with van der Waals surface area (Å²) < 4.78 is 0. The molecule has 0 saturated heterocycles. The Morgan fingerprint density at radius 3 is 1.58 bits per heavy atom. The molecule has 1 heteroatoms. The van der Waals surface area contributed by atoms with E-state index in [1.54, 1.807) is 0 Å². The minimum Gasteiger partial charge on any atom is -0.300 e. The van der Waals surface area contributed by atoms with Gasteiger partial charge in [0.2, 0.25) is 0 Å². The van der Waals surface area contributed by atoms with Gasteiger partial charge in [-0.15, -0.1) is 0 Å². The van der Waals surface area contributed by atoms with Crippen molar-refractivity contribution in [3.63, 3.8) is 0 Å². The van der Waals surface area contributed by atoms with Crippen LogP contribution in [0.2, 0.25) is 0 Å². The fourth-order valence-electron chi connectivity index (χ4n) is 3.79. The highest BCUT2D eigenvalue weighted by atomic mass is 16.1. The van der Waals surface area contributed by atoms with Gasteiger partial charge >= 0.3 is 0 Å². The summed E-state index contributed by atoms with van der Waals surface area (Å²) in [7, 11) is 0. The van der Waals surface area contributed by atoms with Crippen LogP contribution in [0.15, 0.2) is 0 Å². The molecule has 0 amide bonds. The van der Waals surface area contributed by atoms with Gasteiger partial charge in [0, 0.05) is 5.92 Å². The van der Waals surface area contributed by atoms with Gasteiger partial charge in [-0.25, -0.2) is 0 Å². The van der Waals surface area contributed by atoms with Gasteiger partial charge in [-0.05, 0) is 25.7 Å². The molecular weight excluding hydrogens is 292 g/mol. The topological polar surface area (TPSA) is 17.1 Å². The molecule has 0 aromatic heterocycles. The Bertz CT molecular complexity index is 271. The van der Waals surface area contributed by atoms with Crippen molar-refractivity contribution in [1.29, 1.82) is 0 Å². The molecule has 0 saturated carbocycles. The number of hydrogen-bond donors (Lipinski definition) is 0. The Hall–Kier alpha value is -0.330. The maximum absolute atomic E-state index is 12.0. The van der Waals surface area contributed by atoms with Crippen LogP contribution < -0.4 is 0 Å². The van der Waals surface area contributed by atoms with Gasteiger partial charge in [-0.3, -0.25) is 4.79 Å². The second-order valence-electron chi connectivity index (χ2n) is 7.96. The lowest BCUT2D eigenvalue weighted by Crippen LogP contribution is -2.16. The van der Waals surface area contributed by atoms with E-state index in [2.05, 4.69) is 20.8 Å². The third kappa shape index (κ3) is 14.1. The molecular formula is C23H46O. The number of unbranched alkanes of at least 4 members (excludes halogenated alkanes) is 9. The molecule has 0 fully saturated rings. The number of ketones is 1. The van der Waals surface area contributed by atoms with Gasteiger partial charge < -0.3 is 0 Å². The lowest BCUT2D eigenvalue weighted by molar-refractivity contribution is -0.121. The Kier molecular flexibility index (Phi) is 17.3. The van der Waals surface area contributed by atoms with Gasteiger partial charge in [0.15, 0.2) is 0 Å². The van der Waals surface area contributed by atoms with Crippen molar-refractivity contribution in [3.05, 3.63) is 0 Å². The number of Topliss-reactive ketones (excluding diaryl/α,β-unsaturated/α-hetero) is 1. The molecule has 2 atom stereocenters. The second kappa shape index (κ2) is 17.5. The molecule has 0 aliphatic rings. The number of carbonyl (C=O) groups is 1. The van der Waals surface area contributed by atoms with Crippen LogP contribution in [0.4, 0.5) is 0 Å². The van der Waals surface area contributed by atoms with Crippen molar-refractivity contribution in [2.24, 2.45) is 11.8 Å². The standard InChI is InChI=1S/C23H46O/c1-5-8-11-13-14-16-18-22(17-15-12-9-6-2)20-23(21(4)24)19-10-7-3/h22-23H,5-20H2,1-4H3. The molecule has 144 valence electrons. The van der Waals surface area contributed by atoms with Gasteiger partial charge in [-0.2, -0.15) is 0 Å². The zero-order valence-electron chi connectivity index (χ0n) is 17.4. The van der Waals surface area contributed by atoms with Crippen LogP contribution >= 0.6 is 0 Å². The van der Waals surface area contributed by atoms with Crippen LogP contribution in [0.3, 0.4) is 0 Å². The molecule has 0 N–H and O–H groups in total. The van der Waals surface area contributed by atoms with E-state index in [9.17, 15) is 4.79 Å². The van der Waals surface area contributed by atoms with E-state index in [-0.39, 0.29) is 0 Å². The lowest BCUT2D eigenvalue weighted by atomic mass is 9.82. The Balaban J connectivity index is 4.24. The number of carbonyl (C=O) groups excluding carboxylic acids is 1. The zero-order valence-corrected chi connectivity index (χ0v) is 17.4. The minimum absolute atomic E-state index is 0.334. The molecule has 24 heavy (non-hydrogen) atoms. The highest BCUT2D eigenvalue weighted by Gasteiger charge is 2.19. The van der Waals surface area contributed by atoms with Crippen molar-refractivity contribution >= 4 is 5.78 Å². The van der Waals surface area contributed by atoms with E-state index in [1.165, 1.54) is 89.9 Å². The van der Waals surface area contributed by atoms with E-state index in [0.29, 0.717) is 11.7 Å². The number of rotatable bonds is 18. The van der Waals surface area contributed by atoms with Crippen LogP contribution in [0, 0.1) is 11.8 Å². The van der Waals surface area contributed by atoms with E-state index in [1.807, 2.05) is 6.92 Å². The molecule has 0 aromatic rings. The summed E-state index contributed by atoms with van der Waals surface area (Å²) in [5.74, 6) is 1.56. The summed E-state index contributed by atoms with van der Waals surface area (Å²) in [6.07, 6.45) is 21.1. The summed E-state index contributed by atoms with van der Waals surface area (Å²) in [5, 5.41) is 0. The summed E-state index contributed by atoms with van der Waals surface area (Å²) in [5.41, 5.74) is 0. The fraction of sp³-hybridized carbons (Fsp3) is 0.957. The van der Waals surface area contributed by atoms with Crippen molar-refractivity contribution in [2.45, 2.75) is 130 Å². The maximum Gasteiger partial charge on any atom is 0.132 e. The van der Waals surface area contributed by atoms with Gasteiger partial charge in [0.1, 0.15) is 5.78 Å². The third-order valence-electron chi connectivity index (χ3n) is 5.53. The van der Waals surface area contributed by atoms with E-state index < -0.39 is 0 Å². The molecule has 0 aliphatic carbocycles. The minimum atomic E-state index is 0.334. The number of hydrogen-bond acceptors (Lipinski definition) is 1. The molecule has 0 spiro atoms. The van der Waals surface area contributed by atoms with E-state index in [0.717, 1.165) is 18.8 Å². The van der Waals surface area contributed by atoms with Crippen LogP contribution in [0.5, 0.6) is 0 Å². The van der Waals surface area contributed by atoms with Gasteiger partial charge in [-0.1, -0.05) is 111 Å². The summed E-state index contributed by atoms with van der Waals surface area (Å²) in [4.78, 5) is 12.0. The molecule has 1 nitrogen and oxygen atoms in total. The quantitative estimate of drug-likeness (QED) is 0.231. The summed E-state index contributed by atoms with van der Waals surface area (Å²) in [6, 6.07) is 0. The smallest absolute Gasteiger partial charge is 0.132 e. The van der Waals surface area contributed by atoms with E-state index in [4.69, 9.17) is 0 Å². The summed E-state index contributed by atoms with van der Waals surface area (Å²) >= 11 is 0. The van der Waals surface area contributed by atoms with Crippen LogP contribution in [0.1, 0.15) is 130 Å². The first kappa shape index (κ1) is 23.7. The highest BCUT2D eigenvalue weighted by Crippen LogP contribution is 2.28. The van der Waals surface area contributed by atoms with Crippen molar-refractivity contribution in [3.8, 4) is 0 Å². The first-order valence-corrected chi connectivity index (χ1v) is 11.2. The molecule has 0 bridgehead atoms. The van der Waals surface area contributed by atoms with Crippen molar-refractivity contribution < 1.29 is 4.79 Å². The average molecular weight is 339 g/mol. The maximum atomic E-state index is 12.0. The predicted octanol–water partition coefficient (Wildman–Crippen LogP) is 8.11. The average Bonchev–Trinajstić information content (AvgIpc) is 2.57. The molecule has 2 unspecified atom stereocenters. The Morgan fingerprint density at radius 2 is 1.08 bits per heavy atom. The second-order valence-corrected chi connectivity index (χ2v) is 7.96. The first-order chi connectivity index (χ1) is 11.7. The third-order valence-corrected chi connectivity index (χ3v) is 5.53. The van der Waals surface area contributed by atoms with Crippen molar-refractivity contribution in [2.75, 3.05) is 0 Å². The Labute approximate surface area is 153 Å².